The standard InChI is InChI=1S/C36H53N7O6/c1-5-10-25(29(44)34(48)39-23-15-16-23)40-33(47)28-24-14-9-13-22(24)20-43(28)35(49)30(36(2,3)4)42-32(46)27(21-11-7-6-8-12-21)41-31(45)26-19-37-17-18-38-26/h17-19,21-25,27-28,30H,5-16,20H2,1-4H3,(H,39,48)(H,40,47)(H,41,45)(H,42,46)/t22-,24-,25-,27-,28+,30-/m1/s1. The Labute approximate surface area is 288 Å². The molecule has 1 aromatic rings. The van der Waals surface area contributed by atoms with Crippen LogP contribution in [0.3, 0.4) is 0 Å². The van der Waals surface area contributed by atoms with Crippen molar-refractivity contribution < 1.29 is 28.8 Å². The predicted octanol–water partition coefficient (Wildman–Crippen LogP) is 2.45. The van der Waals surface area contributed by atoms with E-state index in [-0.39, 0.29) is 35.4 Å². The number of aromatic nitrogens is 2. The summed E-state index contributed by atoms with van der Waals surface area (Å²) in [6.07, 6.45) is 13.9. The van der Waals surface area contributed by atoms with E-state index in [0.717, 1.165) is 64.2 Å². The first-order valence-electron chi connectivity index (χ1n) is 18.2. The zero-order chi connectivity index (χ0) is 35.3. The molecule has 6 atom stereocenters. The Hall–Kier alpha value is -3.90. The average Bonchev–Trinajstić information content (AvgIpc) is 3.65. The number of carbonyl (C=O) groups is 6. The number of rotatable bonds is 13. The summed E-state index contributed by atoms with van der Waals surface area (Å²) >= 11 is 0. The number of nitrogens with one attached hydrogen (secondary N) is 4. The van der Waals surface area contributed by atoms with Crippen LogP contribution in [0.1, 0.15) is 115 Å². The molecule has 13 nitrogen and oxygen atoms in total. The van der Waals surface area contributed by atoms with Crippen molar-refractivity contribution in [2.75, 3.05) is 6.54 Å². The highest BCUT2D eigenvalue weighted by Crippen LogP contribution is 2.43. The number of Topliss-reactive ketones (excluding diaryl/α,β-unsaturated/α-hetero) is 1. The maximum absolute atomic E-state index is 14.6. The SMILES string of the molecule is CCC[C@@H](NC(=O)[C@@H]1[C@@H]2CCC[C@@H]2CN1C(=O)[C@@H](NC(=O)[C@H](NC(=O)c1cnccn1)C1CCCCC1)C(C)(C)C)C(=O)C(=O)NC1CC1. The van der Waals surface area contributed by atoms with E-state index in [1.807, 2.05) is 27.7 Å². The summed E-state index contributed by atoms with van der Waals surface area (Å²) < 4.78 is 0. The topological polar surface area (TPSA) is 180 Å². The molecule has 0 bridgehead atoms. The van der Waals surface area contributed by atoms with Gasteiger partial charge in [0, 0.05) is 25.0 Å². The number of likely N-dealkylation sites (tertiary alicyclic amines) is 1. The van der Waals surface area contributed by atoms with Crippen molar-refractivity contribution in [1.29, 1.82) is 0 Å². The Balaban J connectivity index is 1.36. The molecular formula is C36H53N7O6. The smallest absolute Gasteiger partial charge is 0.289 e. The van der Waals surface area contributed by atoms with Crippen molar-refractivity contribution in [2.24, 2.45) is 23.2 Å². The van der Waals surface area contributed by atoms with Crippen LogP contribution in [0.15, 0.2) is 18.6 Å². The van der Waals surface area contributed by atoms with Crippen LogP contribution >= 0.6 is 0 Å². The van der Waals surface area contributed by atoms with Crippen LogP contribution in [-0.2, 0) is 24.0 Å². The van der Waals surface area contributed by atoms with Gasteiger partial charge in [0.2, 0.25) is 23.5 Å². The molecule has 1 saturated heterocycles. The number of hydrogen-bond acceptors (Lipinski definition) is 8. The first-order valence-corrected chi connectivity index (χ1v) is 18.2. The lowest BCUT2D eigenvalue weighted by Gasteiger charge is -2.38. The van der Waals surface area contributed by atoms with Crippen molar-refractivity contribution in [1.82, 2.24) is 36.1 Å². The Kier molecular flexibility index (Phi) is 11.7. The highest BCUT2D eigenvalue weighted by Gasteiger charge is 2.52. The molecule has 5 amide bonds. The van der Waals surface area contributed by atoms with E-state index in [1.165, 1.54) is 18.6 Å². The maximum atomic E-state index is 14.6. The lowest BCUT2D eigenvalue weighted by molar-refractivity contribution is -0.146. The van der Waals surface area contributed by atoms with Crippen LogP contribution in [0.25, 0.3) is 0 Å². The van der Waals surface area contributed by atoms with Crippen molar-refractivity contribution in [2.45, 2.75) is 135 Å². The van der Waals surface area contributed by atoms with Crippen LogP contribution in [0.5, 0.6) is 0 Å². The van der Waals surface area contributed by atoms with E-state index >= 15 is 0 Å². The zero-order valence-corrected chi connectivity index (χ0v) is 29.3. The summed E-state index contributed by atoms with van der Waals surface area (Å²) in [6.45, 7) is 7.85. The maximum Gasteiger partial charge on any atom is 0.289 e. The molecule has 0 spiro atoms. The average molecular weight is 680 g/mol. The number of carbonyl (C=O) groups excluding carboxylic acids is 6. The number of fused-ring (bicyclic) bond motifs is 1. The molecule has 5 rings (SSSR count). The van der Waals surface area contributed by atoms with Crippen LogP contribution in [0.2, 0.25) is 0 Å². The molecule has 0 radical (unpaired) electrons. The minimum Gasteiger partial charge on any atom is -0.347 e. The predicted molar refractivity (Wildman–Crippen MR) is 181 cm³/mol. The Morgan fingerprint density at radius 2 is 1.63 bits per heavy atom. The van der Waals surface area contributed by atoms with Crippen molar-refractivity contribution in [3.63, 3.8) is 0 Å². The van der Waals surface area contributed by atoms with E-state index in [4.69, 9.17) is 0 Å². The number of nitrogens with zero attached hydrogens (tertiary/aromatic N) is 3. The molecule has 1 aliphatic heterocycles. The number of amides is 5. The van der Waals surface area contributed by atoms with E-state index < -0.39 is 59.0 Å². The summed E-state index contributed by atoms with van der Waals surface area (Å²) in [5.41, 5.74) is -0.638. The second-order valence-corrected chi connectivity index (χ2v) is 15.5. The summed E-state index contributed by atoms with van der Waals surface area (Å²) in [7, 11) is 0. The van der Waals surface area contributed by atoms with Crippen molar-refractivity contribution in [3.05, 3.63) is 24.3 Å². The van der Waals surface area contributed by atoms with Gasteiger partial charge in [-0.1, -0.05) is 59.8 Å². The minimum absolute atomic E-state index is 0.0132. The van der Waals surface area contributed by atoms with Crippen LogP contribution in [-0.4, -0.2) is 86.9 Å². The van der Waals surface area contributed by atoms with Gasteiger partial charge in [0.05, 0.1) is 12.2 Å². The Morgan fingerprint density at radius 3 is 2.27 bits per heavy atom. The van der Waals surface area contributed by atoms with Gasteiger partial charge < -0.3 is 26.2 Å². The Bertz CT molecular complexity index is 1390. The van der Waals surface area contributed by atoms with Gasteiger partial charge in [0.1, 0.15) is 23.8 Å². The van der Waals surface area contributed by atoms with E-state index in [9.17, 15) is 28.8 Å². The molecule has 0 unspecified atom stereocenters. The third-order valence-electron chi connectivity index (χ3n) is 10.7. The van der Waals surface area contributed by atoms with E-state index in [1.54, 1.807) is 4.90 Å². The second-order valence-electron chi connectivity index (χ2n) is 15.5. The quantitative estimate of drug-likeness (QED) is 0.230. The lowest BCUT2D eigenvalue weighted by atomic mass is 9.82. The third kappa shape index (κ3) is 8.83. The molecule has 49 heavy (non-hydrogen) atoms. The van der Waals surface area contributed by atoms with Crippen LogP contribution < -0.4 is 21.3 Å². The molecule has 2 heterocycles. The fourth-order valence-electron chi connectivity index (χ4n) is 7.87. The molecule has 1 aromatic heterocycles. The molecule has 3 saturated carbocycles. The summed E-state index contributed by atoms with van der Waals surface area (Å²) in [6, 6.07) is -3.68. The minimum atomic E-state index is -0.994. The Morgan fingerprint density at radius 1 is 0.898 bits per heavy atom. The van der Waals surface area contributed by atoms with Gasteiger partial charge in [0.25, 0.3) is 11.8 Å². The van der Waals surface area contributed by atoms with Gasteiger partial charge >= 0.3 is 0 Å². The number of ketones is 1. The largest absolute Gasteiger partial charge is 0.347 e. The van der Waals surface area contributed by atoms with E-state index in [0.29, 0.717) is 19.4 Å². The summed E-state index contributed by atoms with van der Waals surface area (Å²) in [5.74, 6) is -3.20. The normalized spacial score (nSPS) is 24.2. The first kappa shape index (κ1) is 36.4. The fourth-order valence-corrected chi connectivity index (χ4v) is 7.87. The second kappa shape index (κ2) is 15.8. The van der Waals surface area contributed by atoms with Crippen molar-refractivity contribution >= 4 is 35.3 Å². The molecular weight excluding hydrogens is 626 g/mol. The first-order chi connectivity index (χ1) is 23.4. The summed E-state index contributed by atoms with van der Waals surface area (Å²) in [4.78, 5) is 91.4. The summed E-state index contributed by atoms with van der Waals surface area (Å²) in [5, 5.41) is 11.5. The molecule has 4 N–H and O–H groups in total. The fraction of sp³-hybridized carbons (Fsp3) is 0.722. The molecule has 0 aromatic carbocycles. The van der Waals surface area contributed by atoms with Gasteiger partial charge in [-0.2, -0.15) is 0 Å². The number of hydrogen-bond donors (Lipinski definition) is 4. The molecule has 4 aliphatic rings. The van der Waals surface area contributed by atoms with E-state index in [2.05, 4.69) is 31.2 Å². The highest BCUT2D eigenvalue weighted by atomic mass is 16.2. The van der Waals surface area contributed by atoms with Crippen molar-refractivity contribution in [3.8, 4) is 0 Å². The van der Waals surface area contributed by atoms with Crippen LogP contribution in [0.4, 0.5) is 0 Å². The van der Waals surface area contributed by atoms with Gasteiger partial charge in [-0.25, -0.2) is 4.98 Å². The molecule has 13 heteroatoms. The highest BCUT2D eigenvalue weighted by molar-refractivity contribution is 6.38. The molecule has 3 aliphatic carbocycles. The third-order valence-corrected chi connectivity index (χ3v) is 10.7. The van der Waals surface area contributed by atoms with Gasteiger partial charge in [-0.15, -0.1) is 0 Å². The monoisotopic (exact) mass is 679 g/mol. The van der Waals surface area contributed by atoms with Gasteiger partial charge in [0.15, 0.2) is 0 Å². The van der Waals surface area contributed by atoms with Gasteiger partial charge in [-0.05, 0) is 68.1 Å². The van der Waals surface area contributed by atoms with Gasteiger partial charge in [-0.3, -0.25) is 33.8 Å². The molecule has 4 fully saturated rings. The molecule has 268 valence electrons. The van der Waals surface area contributed by atoms with Crippen LogP contribution in [0, 0.1) is 23.2 Å². The lowest BCUT2D eigenvalue weighted by Crippen LogP contribution is -2.62. The zero-order valence-electron chi connectivity index (χ0n) is 29.3.